The summed E-state index contributed by atoms with van der Waals surface area (Å²) >= 11 is 0. The fourth-order valence-corrected chi connectivity index (χ4v) is 0. The third kappa shape index (κ3) is 67.6. The molecule has 0 unspecified atom stereocenters. The molecule has 0 spiro atoms. The van der Waals surface area contributed by atoms with Crippen LogP contribution >= 0.6 is 0 Å². The minimum absolute atomic E-state index is 0. The molecule has 0 aliphatic carbocycles. The summed E-state index contributed by atoms with van der Waals surface area (Å²) < 4.78 is 0. The topological polar surface area (TPSA) is 80.9 Å². The number of hydrogen-bond acceptors (Lipinski definition) is 4. The molecule has 0 fully saturated rings. The van der Waals surface area contributed by atoms with Crippen molar-refractivity contribution in [1.82, 2.24) is 0 Å². The largest absolute Gasteiger partial charge is 0.668 e. The van der Waals surface area contributed by atoms with Gasteiger partial charge in [0.05, 0.1) is 0 Å². The predicted molar refractivity (Wildman–Crippen MR) is 14.6 cm³/mol. The molecule has 0 aliphatic heterocycles. The average molecular weight is 414 g/mol. The second-order valence-electron chi connectivity index (χ2n) is 0.600. The van der Waals surface area contributed by atoms with Crippen LogP contribution < -0.4 is 0 Å². The molecule has 4 N–H and O–H groups in total. The van der Waals surface area contributed by atoms with E-state index < -0.39 is 9.05 Å². The van der Waals surface area contributed by atoms with Crippen LogP contribution in [0.25, 0.3) is 0 Å². The smallest absolute Gasteiger partial charge is 0.368 e. The summed E-state index contributed by atoms with van der Waals surface area (Å²) in [7, 11) is -4.61. The van der Waals surface area contributed by atoms with Crippen molar-refractivity contribution in [3.63, 3.8) is 0 Å². The molecule has 0 aromatic carbocycles. The summed E-state index contributed by atoms with van der Waals surface area (Å²) in [6.45, 7) is 0. The van der Waals surface area contributed by atoms with Gasteiger partial charge in [0, 0.05) is 61.4 Å². The molecule has 0 saturated heterocycles. The van der Waals surface area contributed by atoms with Crippen LogP contribution in [-0.4, -0.2) is 28.2 Å². The second kappa shape index (κ2) is 6.24. The van der Waals surface area contributed by atoms with Gasteiger partial charge in [-0.05, 0) is 0 Å². The van der Waals surface area contributed by atoms with Crippen molar-refractivity contribution in [3.05, 3.63) is 0 Å². The Bertz CT molecular complexity index is 27.2. The van der Waals surface area contributed by atoms with Gasteiger partial charge in [-0.1, -0.05) is 0 Å². The zero-order valence-corrected chi connectivity index (χ0v) is 11.6. The predicted octanol–water partition coefficient (Wildman–Crippen LogP) is -2.61. The van der Waals surface area contributed by atoms with Crippen molar-refractivity contribution in [2.45, 2.75) is 0 Å². The van der Waals surface area contributed by atoms with Gasteiger partial charge in [-0.15, -0.1) is 0 Å². The maximum Gasteiger partial charge on any atom is 0.668 e. The van der Waals surface area contributed by atoms with E-state index in [1.54, 1.807) is 0 Å². The monoisotopic (exact) mass is 415 g/mol. The minimum Gasteiger partial charge on any atom is -0.368 e. The summed E-state index contributed by atoms with van der Waals surface area (Å²) in [5, 5.41) is 0. The van der Waals surface area contributed by atoms with Crippen LogP contribution in [0, 0.1) is 35.6 Å². The Balaban J connectivity index is -0.0000000800. The normalized spacial score (nSPS) is 8.57. The van der Waals surface area contributed by atoms with Crippen LogP contribution in [0.1, 0.15) is 0 Å². The summed E-state index contributed by atoms with van der Waals surface area (Å²) in [5.41, 5.74) is 0. The summed E-state index contributed by atoms with van der Waals surface area (Å²) in [6, 6.07) is 0. The molecule has 0 saturated carbocycles. The first-order valence-electron chi connectivity index (χ1n) is 0.894. The first-order chi connectivity index (χ1) is 2.00. The van der Waals surface area contributed by atoms with Crippen molar-refractivity contribution < 1.29 is 80.6 Å². The van der Waals surface area contributed by atoms with Gasteiger partial charge in [-0.3, -0.25) is 0 Å². The Morgan fingerprint density at radius 2 is 0.857 bits per heavy atom. The van der Waals surface area contributed by atoms with E-state index in [4.69, 9.17) is 19.2 Å². The molecule has 0 rings (SSSR count). The molecular formula is H4HfLaO4Si. The zero-order valence-electron chi connectivity index (χ0n) is 3.37. The molecule has 0 aromatic heterocycles. The number of hydrogen-bond donors (Lipinski definition) is 4. The Morgan fingerprint density at radius 3 is 0.857 bits per heavy atom. The van der Waals surface area contributed by atoms with Crippen molar-refractivity contribution in [2.24, 2.45) is 0 Å². The van der Waals surface area contributed by atoms with Crippen LogP contribution in [-0.2, 0) is 25.8 Å². The summed E-state index contributed by atoms with van der Waals surface area (Å²) in [6.07, 6.45) is 0. The van der Waals surface area contributed by atoms with Gasteiger partial charge < -0.3 is 19.2 Å². The van der Waals surface area contributed by atoms with Crippen LogP contribution in [0.4, 0.5) is 0 Å². The third-order valence-corrected chi connectivity index (χ3v) is 0. The van der Waals surface area contributed by atoms with Gasteiger partial charge >= 0.3 is 9.05 Å². The maximum absolute atomic E-state index is 7.33. The van der Waals surface area contributed by atoms with Crippen LogP contribution in [0.5, 0.6) is 0 Å². The van der Waals surface area contributed by atoms with Gasteiger partial charge in [0.25, 0.3) is 0 Å². The van der Waals surface area contributed by atoms with E-state index in [1.807, 2.05) is 0 Å². The van der Waals surface area contributed by atoms with Gasteiger partial charge in [-0.2, -0.15) is 0 Å². The van der Waals surface area contributed by atoms with Crippen molar-refractivity contribution in [2.75, 3.05) is 0 Å². The first kappa shape index (κ1) is 16.1. The van der Waals surface area contributed by atoms with E-state index >= 15 is 0 Å². The van der Waals surface area contributed by atoms with Gasteiger partial charge in [0.1, 0.15) is 0 Å². The minimum atomic E-state index is -4.61. The van der Waals surface area contributed by atoms with Crippen molar-refractivity contribution in [1.29, 1.82) is 0 Å². The average Bonchev–Trinajstić information content (AvgIpc) is 0.722. The molecule has 0 aliphatic rings. The molecule has 4 nitrogen and oxygen atoms in total. The van der Waals surface area contributed by atoms with E-state index in [9.17, 15) is 0 Å². The third-order valence-electron chi connectivity index (χ3n) is 0. The van der Waals surface area contributed by atoms with Crippen LogP contribution in [0.2, 0.25) is 0 Å². The van der Waals surface area contributed by atoms with Gasteiger partial charge in [0.2, 0.25) is 0 Å². The van der Waals surface area contributed by atoms with Crippen LogP contribution in [0.3, 0.4) is 0 Å². The molecule has 0 amide bonds. The Kier molecular flexibility index (Phi) is 14.3. The zero-order chi connectivity index (χ0) is 4.50. The van der Waals surface area contributed by atoms with Crippen LogP contribution in [0.15, 0.2) is 0 Å². The molecule has 7 heteroatoms. The number of rotatable bonds is 0. The molecular weight excluding hydrogens is 409 g/mol. The molecule has 0 atom stereocenters. The molecule has 39 valence electrons. The molecule has 0 aromatic rings. The van der Waals surface area contributed by atoms with E-state index in [2.05, 4.69) is 0 Å². The van der Waals surface area contributed by atoms with E-state index in [0.717, 1.165) is 0 Å². The van der Waals surface area contributed by atoms with E-state index in [0.29, 0.717) is 0 Å². The van der Waals surface area contributed by atoms with E-state index in [1.165, 1.54) is 0 Å². The fraction of sp³-hybridized carbons (Fsp3) is 0. The van der Waals surface area contributed by atoms with Crippen molar-refractivity contribution >= 4 is 9.05 Å². The SMILES string of the molecule is O[Si](O)(O)O.[Hf].[La]. The fourth-order valence-electron chi connectivity index (χ4n) is 0. The maximum atomic E-state index is 7.33. The Morgan fingerprint density at radius 1 is 0.857 bits per heavy atom. The standard InChI is InChI=1S/Hf.La.H4O4Si/c;;1-5(2,3)4/h;;1-4H. The Hall–Kier alpha value is 2.12. The quantitative estimate of drug-likeness (QED) is 0.328. The summed E-state index contributed by atoms with van der Waals surface area (Å²) in [4.78, 5) is 29.3. The Labute approximate surface area is 88.4 Å². The molecule has 0 heterocycles. The van der Waals surface area contributed by atoms with Gasteiger partial charge in [0.15, 0.2) is 0 Å². The van der Waals surface area contributed by atoms with E-state index in [-0.39, 0.29) is 61.4 Å². The molecule has 7 heavy (non-hydrogen) atoms. The second-order valence-corrected chi connectivity index (χ2v) is 1.80. The molecule has 0 bridgehead atoms. The first-order valence-corrected chi connectivity index (χ1v) is 2.68. The molecule has 1 radical (unpaired) electrons. The van der Waals surface area contributed by atoms with Crippen molar-refractivity contribution in [3.8, 4) is 0 Å². The summed E-state index contributed by atoms with van der Waals surface area (Å²) in [5.74, 6) is 0. The van der Waals surface area contributed by atoms with Gasteiger partial charge in [-0.25, -0.2) is 0 Å².